The Morgan fingerprint density at radius 1 is 1.50 bits per heavy atom. The molecule has 3 aliphatic rings. The van der Waals surface area contributed by atoms with E-state index in [1.54, 1.807) is 0 Å². The van der Waals surface area contributed by atoms with E-state index in [1.165, 1.54) is 6.54 Å². The molecule has 16 heavy (non-hydrogen) atoms. The molecule has 2 aliphatic heterocycles. The molecule has 0 aromatic heterocycles. The minimum absolute atomic E-state index is 0.0921. The Hall–Kier alpha value is 0.01000. The topological polar surface area (TPSA) is 32.1 Å². The summed E-state index contributed by atoms with van der Waals surface area (Å²) in [7, 11) is 0. The van der Waals surface area contributed by atoms with E-state index in [9.17, 15) is 4.79 Å². The molecule has 0 aromatic carbocycles. The number of nitrogens with zero attached hydrogens (tertiary/aromatic N) is 1. The molecule has 1 saturated carbocycles. The third kappa shape index (κ3) is 1.93. The van der Waals surface area contributed by atoms with E-state index in [-0.39, 0.29) is 23.8 Å². The highest BCUT2D eigenvalue weighted by Crippen LogP contribution is 2.54. The van der Waals surface area contributed by atoms with Gasteiger partial charge >= 0.3 is 0 Å². The first-order chi connectivity index (χ1) is 7.47. The van der Waals surface area contributed by atoms with E-state index in [4.69, 9.17) is 23.2 Å². The van der Waals surface area contributed by atoms with E-state index in [2.05, 4.69) is 10.2 Å². The van der Waals surface area contributed by atoms with E-state index in [1.807, 2.05) is 6.92 Å². The predicted octanol–water partition coefficient (Wildman–Crippen LogP) is 1.39. The fraction of sp³-hybridized carbons (Fsp3) is 0.909. The quantitative estimate of drug-likeness (QED) is 0.616. The Kier molecular flexibility index (Phi) is 2.43. The van der Waals surface area contributed by atoms with Gasteiger partial charge in [0.25, 0.3) is 0 Å². The summed E-state index contributed by atoms with van der Waals surface area (Å²) >= 11 is 12.0. The number of hydrogen-bond donors (Lipinski definition) is 1. The van der Waals surface area contributed by atoms with Gasteiger partial charge in [0.2, 0.25) is 5.91 Å². The summed E-state index contributed by atoms with van der Waals surface area (Å²) in [4.78, 5) is 14.3. The van der Waals surface area contributed by atoms with E-state index < -0.39 is 4.33 Å². The van der Waals surface area contributed by atoms with Crippen molar-refractivity contribution in [2.45, 2.75) is 36.2 Å². The molecule has 0 aromatic rings. The number of nitrogens with one attached hydrogen (secondary N) is 1. The lowest BCUT2D eigenvalue weighted by molar-refractivity contribution is -0.125. The van der Waals surface area contributed by atoms with Gasteiger partial charge in [0.05, 0.1) is 5.92 Å². The van der Waals surface area contributed by atoms with Gasteiger partial charge in [-0.25, -0.2) is 0 Å². The van der Waals surface area contributed by atoms with Crippen molar-refractivity contribution in [3.8, 4) is 0 Å². The fourth-order valence-corrected chi connectivity index (χ4v) is 3.48. The largest absolute Gasteiger partial charge is 0.353 e. The van der Waals surface area contributed by atoms with Crippen molar-refractivity contribution in [1.82, 2.24) is 10.2 Å². The van der Waals surface area contributed by atoms with Crippen LogP contribution in [0.2, 0.25) is 0 Å². The average molecular weight is 263 g/mol. The maximum atomic E-state index is 11.9. The lowest BCUT2D eigenvalue weighted by Gasteiger charge is -2.18. The third-order valence-electron chi connectivity index (χ3n) is 4.06. The van der Waals surface area contributed by atoms with Crippen LogP contribution in [0.3, 0.4) is 0 Å². The zero-order valence-corrected chi connectivity index (χ0v) is 10.8. The minimum atomic E-state index is -0.603. The van der Waals surface area contributed by atoms with Crippen LogP contribution in [0.1, 0.15) is 19.8 Å². The standard InChI is InChI=1S/C11H16Cl2N2O/c1-6(9-3-11(9,12)13)14-10(16)7-2-8-5-15(8)4-7/h6-9H,2-5H2,1H3,(H,14,16)/t6-,7?,8?,9+,15?/m0/s1. The molecule has 3 unspecified atom stereocenters. The van der Waals surface area contributed by atoms with E-state index >= 15 is 0 Å². The molecule has 1 aliphatic carbocycles. The van der Waals surface area contributed by atoms with Crippen LogP contribution in [0.15, 0.2) is 0 Å². The molecule has 0 radical (unpaired) electrons. The van der Waals surface area contributed by atoms with Crippen LogP contribution in [-0.2, 0) is 4.79 Å². The van der Waals surface area contributed by atoms with Gasteiger partial charge in [-0.3, -0.25) is 9.69 Å². The van der Waals surface area contributed by atoms with Crippen LogP contribution >= 0.6 is 23.2 Å². The summed E-state index contributed by atoms with van der Waals surface area (Å²) in [6.07, 6.45) is 1.81. The minimum Gasteiger partial charge on any atom is -0.353 e. The van der Waals surface area contributed by atoms with Crippen molar-refractivity contribution in [1.29, 1.82) is 0 Å². The van der Waals surface area contributed by atoms with Gasteiger partial charge in [-0.1, -0.05) is 0 Å². The number of piperidine rings is 1. The molecule has 1 amide bonds. The second-order valence-electron chi connectivity index (χ2n) is 5.41. The highest BCUT2D eigenvalue weighted by molar-refractivity contribution is 6.50. The Balaban J connectivity index is 1.49. The molecule has 5 heteroatoms. The van der Waals surface area contributed by atoms with Crippen molar-refractivity contribution in [3.63, 3.8) is 0 Å². The number of carbonyl (C=O) groups is 1. The van der Waals surface area contributed by atoms with Gasteiger partial charge in [-0.15, -0.1) is 23.2 Å². The molecule has 2 saturated heterocycles. The van der Waals surface area contributed by atoms with Crippen LogP contribution in [0.5, 0.6) is 0 Å². The molecule has 5 atom stereocenters. The van der Waals surface area contributed by atoms with Gasteiger partial charge in [0.1, 0.15) is 4.33 Å². The summed E-state index contributed by atoms with van der Waals surface area (Å²) in [5.41, 5.74) is 0. The van der Waals surface area contributed by atoms with Gasteiger partial charge in [0, 0.05) is 31.1 Å². The number of halogens is 2. The molecule has 2 heterocycles. The zero-order chi connectivity index (χ0) is 11.5. The number of amides is 1. The van der Waals surface area contributed by atoms with Crippen LogP contribution in [0, 0.1) is 11.8 Å². The SMILES string of the molecule is C[C@H](NC(=O)C1CC2CN2C1)[C@H]1CC1(Cl)Cl. The number of hydrogen-bond acceptors (Lipinski definition) is 2. The van der Waals surface area contributed by atoms with Gasteiger partial charge < -0.3 is 5.32 Å². The molecular weight excluding hydrogens is 247 g/mol. The molecule has 0 spiro atoms. The van der Waals surface area contributed by atoms with Crippen molar-refractivity contribution in [2.75, 3.05) is 13.1 Å². The Morgan fingerprint density at radius 2 is 2.19 bits per heavy atom. The van der Waals surface area contributed by atoms with Crippen LogP contribution in [0.25, 0.3) is 0 Å². The van der Waals surface area contributed by atoms with Gasteiger partial charge in [0.15, 0.2) is 0 Å². The highest BCUT2D eigenvalue weighted by atomic mass is 35.5. The number of carbonyl (C=O) groups excluding carboxylic acids is 1. The molecule has 3 rings (SSSR count). The first-order valence-corrected chi connectivity index (χ1v) is 6.65. The summed E-state index contributed by atoms with van der Waals surface area (Å²) in [6, 6.07) is 0.779. The van der Waals surface area contributed by atoms with Crippen LogP contribution in [-0.4, -0.2) is 40.3 Å². The molecular formula is C11H16Cl2N2O. The number of alkyl halides is 2. The van der Waals surface area contributed by atoms with Gasteiger partial charge in [-0.2, -0.15) is 0 Å². The zero-order valence-electron chi connectivity index (χ0n) is 9.25. The van der Waals surface area contributed by atoms with Crippen molar-refractivity contribution in [2.24, 2.45) is 11.8 Å². The lowest BCUT2D eigenvalue weighted by atomic mass is 10.0. The summed E-state index contributed by atoms with van der Waals surface area (Å²) in [5.74, 6) is 0.576. The first-order valence-electron chi connectivity index (χ1n) is 5.89. The Bertz CT molecular complexity index is 324. The molecule has 1 N–H and O–H groups in total. The fourth-order valence-electron chi connectivity index (χ4n) is 2.77. The number of rotatable bonds is 3. The predicted molar refractivity (Wildman–Crippen MR) is 63.6 cm³/mol. The summed E-state index contributed by atoms with van der Waals surface area (Å²) in [6.45, 7) is 4.11. The summed E-state index contributed by atoms with van der Waals surface area (Å²) in [5, 5.41) is 3.05. The summed E-state index contributed by atoms with van der Waals surface area (Å²) < 4.78 is -0.603. The highest BCUT2D eigenvalue weighted by Gasteiger charge is 2.55. The van der Waals surface area contributed by atoms with E-state index in [0.717, 1.165) is 19.4 Å². The van der Waals surface area contributed by atoms with Crippen molar-refractivity contribution in [3.05, 3.63) is 0 Å². The van der Waals surface area contributed by atoms with Crippen molar-refractivity contribution < 1.29 is 4.79 Å². The average Bonchev–Trinajstić information content (AvgIpc) is 3.04. The second kappa shape index (κ2) is 3.50. The van der Waals surface area contributed by atoms with Crippen LogP contribution < -0.4 is 5.32 Å². The normalized spacial score (nSPS) is 44.7. The molecule has 90 valence electrons. The Labute approximate surface area is 105 Å². The number of fused-ring (bicyclic) bond motifs is 1. The smallest absolute Gasteiger partial charge is 0.224 e. The molecule has 3 nitrogen and oxygen atoms in total. The van der Waals surface area contributed by atoms with Crippen molar-refractivity contribution >= 4 is 29.1 Å². The lowest BCUT2D eigenvalue weighted by Crippen LogP contribution is -2.40. The maximum Gasteiger partial charge on any atom is 0.224 e. The Morgan fingerprint density at radius 3 is 2.69 bits per heavy atom. The van der Waals surface area contributed by atoms with Gasteiger partial charge in [-0.05, 0) is 19.8 Å². The monoisotopic (exact) mass is 262 g/mol. The maximum absolute atomic E-state index is 11.9. The molecule has 3 fully saturated rings. The first kappa shape index (κ1) is 11.1. The second-order valence-corrected chi connectivity index (χ2v) is 6.95. The van der Waals surface area contributed by atoms with E-state index in [0.29, 0.717) is 6.04 Å². The van der Waals surface area contributed by atoms with Crippen LogP contribution in [0.4, 0.5) is 0 Å². The third-order valence-corrected chi connectivity index (χ3v) is 4.93. The molecule has 0 bridgehead atoms.